The first-order valence-corrected chi connectivity index (χ1v) is 16.3. The number of hydroxylamine groups is 2. The highest BCUT2D eigenvalue weighted by atomic mass is 19.3. The third kappa shape index (κ3) is 6.13. The molecule has 3 heterocycles. The Kier molecular flexibility index (Phi) is 8.16. The van der Waals surface area contributed by atoms with Crippen LogP contribution in [0.25, 0.3) is 0 Å². The lowest BCUT2D eigenvalue weighted by Gasteiger charge is -2.37. The molecule has 3 atom stereocenters. The third-order valence-corrected chi connectivity index (χ3v) is 10.2. The zero-order valence-electron chi connectivity index (χ0n) is 25.0. The fraction of sp³-hybridized carbons (Fsp3) is 0.559. The van der Waals surface area contributed by atoms with Gasteiger partial charge in [-0.25, -0.2) is 13.6 Å². The van der Waals surface area contributed by atoms with Crippen LogP contribution in [0.5, 0.6) is 0 Å². The van der Waals surface area contributed by atoms with Crippen LogP contribution in [0.1, 0.15) is 92.3 Å². The molecule has 2 aromatic rings. The third-order valence-electron chi connectivity index (χ3n) is 10.2. The number of aromatic nitrogens is 2. The summed E-state index contributed by atoms with van der Waals surface area (Å²) in [6.07, 6.45) is 11.9. The molecular weight excluding hydrogens is 564 g/mol. The first kappa shape index (κ1) is 29.0. The van der Waals surface area contributed by atoms with Gasteiger partial charge in [0, 0.05) is 30.6 Å². The van der Waals surface area contributed by atoms with Crippen molar-refractivity contribution in [3.8, 4) is 0 Å². The summed E-state index contributed by atoms with van der Waals surface area (Å²) in [7, 11) is 0. The molecule has 8 nitrogen and oxygen atoms in total. The number of allylic oxidation sites excluding steroid dienone is 4. The molecule has 7 rings (SSSR count). The fourth-order valence-electron chi connectivity index (χ4n) is 7.62. The number of piperidine rings is 1. The van der Waals surface area contributed by atoms with Gasteiger partial charge in [0.25, 0.3) is 6.43 Å². The number of urea groups is 1. The summed E-state index contributed by atoms with van der Waals surface area (Å²) in [5.74, 6) is 1.80. The minimum Gasteiger partial charge on any atom is -0.380 e. The molecule has 2 aliphatic heterocycles. The van der Waals surface area contributed by atoms with E-state index in [9.17, 15) is 18.4 Å². The molecule has 10 heteroatoms. The predicted octanol–water partition coefficient (Wildman–Crippen LogP) is 6.44. The topological polar surface area (TPSA) is 79.7 Å². The van der Waals surface area contributed by atoms with E-state index in [1.165, 1.54) is 21.9 Å². The van der Waals surface area contributed by atoms with E-state index in [0.29, 0.717) is 25.6 Å². The maximum Gasteiger partial charge on any atom is 0.350 e. The summed E-state index contributed by atoms with van der Waals surface area (Å²) in [5, 5.41) is 8.89. The average molecular weight is 606 g/mol. The summed E-state index contributed by atoms with van der Waals surface area (Å²) in [5.41, 5.74) is 2.99. The van der Waals surface area contributed by atoms with Crippen LogP contribution >= 0.6 is 0 Å². The minimum absolute atomic E-state index is 0.00129. The molecule has 1 aromatic heterocycles. The van der Waals surface area contributed by atoms with Gasteiger partial charge in [0.15, 0.2) is 0 Å². The number of halogens is 2. The second-order valence-electron chi connectivity index (χ2n) is 13.1. The molecule has 2 saturated heterocycles. The number of carbonyl (C=O) groups excluding carboxylic acids is 2. The molecule has 44 heavy (non-hydrogen) atoms. The van der Waals surface area contributed by atoms with Gasteiger partial charge in [0.1, 0.15) is 18.0 Å². The van der Waals surface area contributed by atoms with E-state index in [4.69, 9.17) is 4.84 Å². The monoisotopic (exact) mass is 605 g/mol. The first-order chi connectivity index (χ1) is 21.4. The van der Waals surface area contributed by atoms with Gasteiger partial charge in [-0.3, -0.25) is 9.48 Å². The van der Waals surface area contributed by atoms with Gasteiger partial charge >= 0.3 is 6.03 Å². The quantitative estimate of drug-likeness (QED) is 0.411. The van der Waals surface area contributed by atoms with Crippen molar-refractivity contribution in [2.75, 3.05) is 19.6 Å². The van der Waals surface area contributed by atoms with Crippen molar-refractivity contribution in [3.05, 3.63) is 76.8 Å². The number of likely N-dealkylation sites (tertiary alicyclic amines) is 1. The van der Waals surface area contributed by atoms with E-state index in [1.807, 2.05) is 23.1 Å². The molecule has 3 aliphatic carbocycles. The number of hydrogen-bond donors (Lipinski definition) is 1. The van der Waals surface area contributed by atoms with Crippen LogP contribution in [0.4, 0.5) is 13.6 Å². The van der Waals surface area contributed by atoms with Gasteiger partial charge < -0.3 is 15.1 Å². The molecular formula is C34H41F2N5O3. The number of carbonyl (C=O) groups is 2. The normalized spacial score (nSPS) is 25.5. The lowest BCUT2D eigenvalue weighted by atomic mass is 9.77. The Balaban J connectivity index is 1.00. The molecule has 1 aromatic carbocycles. The van der Waals surface area contributed by atoms with Crippen LogP contribution in [0.2, 0.25) is 0 Å². The van der Waals surface area contributed by atoms with Crippen LogP contribution in [0, 0.1) is 17.8 Å². The SMILES string of the molecule is O=C(Cn1nc(C(F)F)cc1C1CC1)N1CCC(C2CC3CC=CC=C3ON(C(=O)NC3CCCc4ccccc43)C2)CC1. The van der Waals surface area contributed by atoms with Crippen molar-refractivity contribution < 1.29 is 23.2 Å². The highest BCUT2D eigenvalue weighted by Crippen LogP contribution is 2.42. The lowest BCUT2D eigenvalue weighted by Crippen LogP contribution is -2.46. The Morgan fingerprint density at radius 1 is 1.05 bits per heavy atom. The molecule has 3 amide bonds. The molecule has 1 N–H and O–H groups in total. The number of hydrogen-bond acceptors (Lipinski definition) is 4. The maximum absolute atomic E-state index is 13.7. The second-order valence-corrected chi connectivity index (χ2v) is 13.1. The fourth-order valence-corrected chi connectivity index (χ4v) is 7.62. The van der Waals surface area contributed by atoms with Crippen molar-refractivity contribution in [1.29, 1.82) is 0 Å². The zero-order valence-corrected chi connectivity index (χ0v) is 25.0. The number of amides is 3. The van der Waals surface area contributed by atoms with E-state index in [-0.39, 0.29) is 48.0 Å². The Hall–Kier alpha value is -3.69. The van der Waals surface area contributed by atoms with Gasteiger partial charge in [-0.2, -0.15) is 10.2 Å². The van der Waals surface area contributed by atoms with E-state index in [1.54, 1.807) is 5.06 Å². The van der Waals surface area contributed by atoms with Gasteiger partial charge in [0.05, 0.1) is 12.6 Å². The van der Waals surface area contributed by atoms with E-state index >= 15 is 0 Å². The molecule has 0 radical (unpaired) electrons. The Morgan fingerprint density at radius 2 is 1.86 bits per heavy atom. The van der Waals surface area contributed by atoms with Gasteiger partial charge in [-0.1, -0.05) is 36.4 Å². The summed E-state index contributed by atoms with van der Waals surface area (Å²) in [4.78, 5) is 35.1. The van der Waals surface area contributed by atoms with Crippen molar-refractivity contribution in [1.82, 2.24) is 25.1 Å². The standard InChI is InChI=1S/C34H41F2N5O3/c35-33(36)29-19-30(24-12-13-24)40(38-29)21-32(42)39-16-14-22(15-17-39)26-18-25-7-2-4-11-31(25)44-41(20-26)34(43)37-28-10-5-8-23-6-1-3-9-27(23)28/h1-4,6,9,11,19,22,24-26,28,33H,5,7-8,10,12-18,20-21H2,(H,37,43). The predicted molar refractivity (Wildman–Crippen MR) is 160 cm³/mol. The van der Waals surface area contributed by atoms with Crippen molar-refractivity contribution >= 4 is 11.9 Å². The molecule has 3 fully saturated rings. The number of benzene rings is 1. The molecule has 0 spiro atoms. The van der Waals surface area contributed by atoms with Gasteiger partial charge in [-0.05, 0) is 92.9 Å². The van der Waals surface area contributed by atoms with Gasteiger partial charge in [0.2, 0.25) is 5.91 Å². The highest BCUT2D eigenvalue weighted by molar-refractivity contribution is 5.76. The largest absolute Gasteiger partial charge is 0.380 e. The molecule has 3 unspecified atom stereocenters. The Labute approximate surface area is 257 Å². The second kappa shape index (κ2) is 12.4. The number of nitrogens with one attached hydrogen (secondary N) is 1. The smallest absolute Gasteiger partial charge is 0.350 e. The lowest BCUT2D eigenvalue weighted by molar-refractivity contribution is -0.134. The van der Waals surface area contributed by atoms with Crippen molar-refractivity contribution in [3.63, 3.8) is 0 Å². The highest BCUT2D eigenvalue weighted by Gasteiger charge is 2.38. The average Bonchev–Trinajstić information content (AvgIpc) is 3.83. The number of alkyl halides is 2. The number of rotatable bonds is 6. The van der Waals surface area contributed by atoms with E-state index < -0.39 is 6.43 Å². The molecule has 234 valence electrons. The van der Waals surface area contributed by atoms with Gasteiger partial charge in [-0.15, -0.1) is 0 Å². The number of aryl methyl sites for hydroxylation is 1. The van der Waals surface area contributed by atoms with Crippen LogP contribution in [0.3, 0.4) is 0 Å². The molecule has 5 aliphatic rings. The summed E-state index contributed by atoms with van der Waals surface area (Å²) in [6, 6.07) is 9.58. The first-order valence-electron chi connectivity index (χ1n) is 16.3. The zero-order chi connectivity index (χ0) is 30.2. The van der Waals surface area contributed by atoms with Crippen LogP contribution in [-0.2, 0) is 22.6 Å². The molecule has 0 bridgehead atoms. The Morgan fingerprint density at radius 3 is 2.66 bits per heavy atom. The molecule has 1 saturated carbocycles. The Bertz CT molecular complexity index is 1440. The van der Waals surface area contributed by atoms with E-state index in [2.05, 4.69) is 34.7 Å². The minimum atomic E-state index is -2.64. The van der Waals surface area contributed by atoms with Crippen molar-refractivity contribution in [2.45, 2.75) is 82.7 Å². The van der Waals surface area contributed by atoms with E-state index in [0.717, 1.165) is 69.2 Å². The summed E-state index contributed by atoms with van der Waals surface area (Å²) < 4.78 is 28.2. The maximum atomic E-state index is 13.7. The summed E-state index contributed by atoms with van der Waals surface area (Å²) >= 11 is 0. The van der Waals surface area contributed by atoms with Crippen LogP contribution in [0.15, 0.2) is 54.3 Å². The number of fused-ring (bicyclic) bond motifs is 2. The number of nitrogens with zero attached hydrogens (tertiary/aromatic N) is 4. The van der Waals surface area contributed by atoms with Crippen LogP contribution in [-0.4, -0.2) is 51.3 Å². The van der Waals surface area contributed by atoms with Crippen LogP contribution < -0.4 is 5.32 Å². The summed E-state index contributed by atoms with van der Waals surface area (Å²) in [6.45, 7) is 1.73. The van der Waals surface area contributed by atoms with Crippen molar-refractivity contribution in [2.24, 2.45) is 17.8 Å².